The highest BCUT2D eigenvalue weighted by atomic mass is 32.1. The van der Waals surface area contributed by atoms with E-state index in [9.17, 15) is 19.2 Å². The Morgan fingerprint density at radius 2 is 1.56 bits per heavy atom. The minimum Gasteiger partial charge on any atom is -0.465 e. The minimum atomic E-state index is -2.06. The number of halogens is 2. The Kier molecular flexibility index (Phi) is 12.3. The number of aromatic nitrogens is 5. The summed E-state index contributed by atoms with van der Waals surface area (Å²) in [5.74, 6) is 0.892. The zero-order valence-corrected chi connectivity index (χ0v) is 42.0. The lowest BCUT2D eigenvalue weighted by atomic mass is 9.96. The Balaban J connectivity index is 0.887. The van der Waals surface area contributed by atoms with Crippen LogP contribution < -0.4 is 20.3 Å². The van der Waals surface area contributed by atoms with Gasteiger partial charge < -0.3 is 49.5 Å². The Hall–Kier alpha value is -6.57. The van der Waals surface area contributed by atoms with Crippen LogP contribution in [0.1, 0.15) is 142 Å². The normalized spacial score (nSPS) is 24.0. The van der Waals surface area contributed by atoms with Gasteiger partial charge in [0.05, 0.1) is 71.6 Å². The molecule has 20 heteroatoms. The molecule has 3 aromatic heterocycles. The van der Waals surface area contributed by atoms with Crippen LogP contribution in [0.3, 0.4) is 0 Å². The van der Waals surface area contributed by atoms with Crippen LogP contribution in [-0.2, 0) is 25.5 Å². The molecule has 2 aromatic carbocycles. The van der Waals surface area contributed by atoms with Crippen molar-refractivity contribution in [1.82, 2.24) is 45.4 Å². The van der Waals surface area contributed by atoms with Crippen LogP contribution in [0.4, 0.5) is 24.1 Å². The molecule has 2 aliphatic carbocycles. The number of thiazole rings is 1. The molecule has 4 fully saturated rings. The fourth-order valence-electron chi connectivity index (χ4n) is 11.9. The van der Waals surface area contributed by atoms with Gasteiger partial charge in [-0.3, -0.25) is 9.59 Å². The SMILES string of the molecule is COC(=O)NC(C(=O)N1[C@@H]2C[C@@H]2C[C@H]1c1ncc(-c2ccc3c(c2)CC2c4c(F)cc(-c5cnc([C@@H]6CCCN6C(=O)[C@@H](NC(=O)OC)C(C)C)[nH]5)cc4OC(c4cnc(C5CCCC5)s4)N32)[nH]1)C(C)(C)F. The van der Waals surface area contributed by atoms with E-state index >= 15 is 8.78 Å². The average Bonchev–Trinajstić information content (AvgIpc) is 4.18. The molecule has 4 N–H and O–H groups in total. The summed E-state index contributed by atoms with van der Waals surface area (Å²) in [5, 5.41) is 6.20. The first kappa shape index (κ1) is 47.7. The number of anilines is 1. The molecule has 4 aliphatic heterocycles. The number of imidazole rings is 2. The quantitative estimate of drug-likeness (QED) is 0.0930. The van der Waals surface area contributed by atoms with Crippen molar-refractivity contribution in [2.75, 3.05) is 25.7 Å². The number of H-pyrrole nitrogens is 2. The van der Waals surface area contributed by atoms with E-state index in [1.54, 1.807) is 33.5 Å². The van der Waals surface area contributed by atoms with Crippen molar-refractivity contribution >= 4 is 41.0 Å². The molecule has 380 valence electrons. The van der Waals surface area contributed by atoms with Crippen molar-refractivity contribution < 1.29 is 42.2 Å². The van der Waals surface area contributed by atoms with E-state index in [0.717, 1.165) is 58.1 Å². The molecule has 5 aromatic rings. The number of likely N-dealkylation sites (tertiary alicyclic amines) is 2. The number of benzene rings is 2. The number of alkyl carbamates (subject to hydrolysis) is 2. The van der Waals surface area contributed by atoms with Crippen molar-refractivity contribution in [3.8, 4) is 28.3 Å². The molecule has 0 radical (unpaired) electrons. The monoisotopic (exact) mass is 1010 g/mol. The fraction of sp³-hybridized carbons (Fsp3) is 0.519. The summed E-state index contributed by atoms with van der Waals surface area (Å²) in [4.78, 5) is 80.1. The third-order valence-electron chi connectivity index (χ3n) is 15.6. The highest BCUT2D eigenvalue weighted by molar-refractivity contribution is 7.11. The maximum absolute atomic E-state index is 17.1. The zero-order valence-electron chi connectivity index (χ0n) is 41.2. The van der Waals surface area contributed by atoms with E-state index in [1.165, 1.54) is 47.0 Å². The predicted octanol–water partition coefficient (Wildman–Crippen LogP) is 9.09. The number of alkyl halides is 1. The van der Waals surface area contributed by atoms with Gasteiger partial charge in [0.2, 0.25) is 18.0 Å². The van der Waals surface area contributed by atoms with E-state index in [2.05, 4.69) is 31.6 Å². The van der Waals surface area contributed by atoms with Gasteiger partial charge in [-0.2, -0.15) is 0 Å². The van der Waals surface area contributed by atoms with Gasteiger partial charge in [-0.25, -0.2) is 33.3 Å². The zero-order chi connectivity index (χ0) is 50.3. The molecule has 6 aliphatic rings. The van der Waals surface area contributed by atoms with Crippen LogP contribution >= 0.6 is 11.3 Å². The Bertz CT molecular complexity index is 2930. The van der Waals surface area contributed by atoms with Crippen molar-refractivity contribution in [3.63, 3.8) is 0 Å². The maximum atomic E-state index is 17.1. The van der Waals surface area contributed by atoms with Crippen LogP contribution in [0.2, 0.25) is 0 Å². The van der Waals surface area contributed by atoms with Crippen molar-refractivity contribution in [3.05, 3.63) is 87.4 Å². The lowest BCUT2D eigenvalue weighted by molar-refractivity contribution is -0.139. The number of fused-ring (bicyclic) bond motifs is 6. The molecule has 0 bridgehead atoms. The number of nitrogens with one attached hydrogen (secondary N) is 4. The summed E-state index contributed by atoms with van der Waals surface area (Å²) in [6, 6.07) is 6.02. The van der Waals surface area contributed by atoms with Crippen molar-refractivity contribution in [1.29, 1.82) is 0 Å². The highest BCUT2D eigenvalue weighted by Gasteiger charge is 2.57. The Morgan fingerprint density at radius 3 is 2.26 bits per heavy atom. The number of methoxy groups -OCH3 is 2. The van der Waals surface area contributed by atoms with Crippen LogP contribution in [0.25, 0.3) is 22.5 Å². The molecule has 4 amide bonds. The summed E-state index contributed by atoms with van der Waals surface area (Å²) >= 11 is 1.66. The van der Waals surface area contributed by atoms with Crippen LogP contribution in [0.5, 0.6) is 5.75 Å². The fourth-order valence-corrected chi connectivity index (χ4v) is 13.0. The van der Waals surface area contributed by atoms with Crippen LogP contribution in [-0.4, -0.2) is 103 Å². The summed E-state index contributed by atoms with van der Waals surface area (Å²) < 4.78 is 49.0. The molecule has 8 atom stereocenters. The van der Waals surface area contributed by atoms with Crippen molar-refractivity contribution in [2.24, 2.45) is 11.8 Å². The first-order chi connectivity index (χ1) is 34.6. The third-order valence-corrected chi connectivity index (χ3v) is 16.8. The van der Waals surface area contributed by atoms with E-state index in [-0.39, 0.29) is 29.8 Å². The molecular weight excluding hydrogens is 947 g/mol. The summed E-state index contributed by atoms with van der Waals surface area (Å²) in [5.41, 5.74) is 3.02. The molecule has 2 saturated heterocycles. The molecule has 0 spiro atoms. The first-order valence-corrected chi connectivity index (χ1v) is 25.9. The second-order valence-corrected chi connectivity index (χ2v) is 22.1. The topological polar surface area (TPSA) is 200 Å². The van der Waals surface area contributed by atoms with E-state index in [1.807, 2.05) is 38.2 Å². The van der Waals surface area contributed by atoms with Crippen molar-refractivity contribution in [2.45, 2.75) is 140 Å². The smallest absolute Gasteiger partial charge is 0.407 e. The lowest BCUT2D eigenvalue weighted by Gasteiger charge is -2.40. The predicted molar refractivity (Wildman–Crippen MR) is 262 cm³/mol. The second-order valence-electron chi connectivity index (χ2n) is 21.0. The third kappa shape index (κ3) is 8.51. The first-order valence-electron chi connectivity index (χ1n) is 25.1. The molecule has 11 rings (SSSR count). The van der Waals surface area contributed by atoms with Gasteiger partial charge in [0, 0.05) is 36.0 Å². The number of hydrogen-bond acceptors (Lipinski definition) is 12. The molecule has 7 heterocycles. The van der Waals surface area contributed by atoms with E-state index in [0.29, 0.717) is 65.9 Å². The Morgan fingerprint density at radius 1 is 0.847 bits per heavy atom. The van der Waals surface area contributed by atoms with Gasteiger partial charge in [0.25, 0.3) is 0 Å². The van der Waals surface area contributed by atoms with Gasteiger partial charge in [0.15, 0.2) is 0 Å². The summed E-state index contributed by atoms with van der Waals surface area (Å²) in [6.07, 6.45) is 11.1. The van der Waals surface area contributed by atoms with Gasteiger partial charge in [-0.15, -0.1) is 11.3 Å². The van der Waals surface area contributed by atoms with Gasteiger partial charge in [-0.05, 0) is 106 Å². The summed E-state index contributed by atoms with van der Waals surface area (Å²) in [7, 11) is 2.44. The maximum Gasteiger partial charge on any atom is 0.407 e. The van der Waals surface area contributed by atoms with Crippen LogP contribution in [0.15, 0.2) is 48.9 Å². The molecule has 17 nitrogen and oxygen atoms in total. The lowest BCUT2D eigenvalue weighted by Crippen LogP contribution is -2.57. The molecular formula is C52H60F2N10O7S. The number of ether oxygens (including phenoxy) is 3. The molecule has 2 saturated carbocycles. The average molecular weight is 1010 g/mol. The van der Waals surface area contributed by atoms with E-state index < -0.39 is 60.0 Å². The van der Waals surface area contributed by atoms with Gasteiger partial charge in [0.1, 0.15) is 41.0 Å². The number of amides is 4. The van der Waals surface area contributed by atoms with E-state index in [4.69, 9.17) is 29.2 Å². The number of aromatic amines is 2. The second kappa shape index (κ2) is 18.5. The summed E-state index contributed by atoms with van der Waals surface area (Å²) in [6.45, 7) is 6.77. The standard InChI is InChI=1S/C52H60F2N10O7S/c1-25(2)42(60-50(67)69-5)47(65)62-15-9-12-35(62)44-55-23-33(59-44)28-17-31(53)41-37-19-29-16-27(13-14-34(29)64(37)49(71-39(41)21-28)40-24-57-46(72-40)26-10-7-8-11-26)32-22-56-45(58-32)38-20-30-18-36(30)63(38)48(66)43(52(3,4)54)61-51(68)70-6/h13-14,16-17,21-26,30,35-38,42-43,49H,7-12,15,18-20H2,1-6H3,(H,55,59)(H,56,58)(H,60,67)(H,61,68)/t30-,35+,36-,37?,38+,42+,43?,49?/m1/s1. The number of piperidine rings is 1. The Labute approximate surface area is 419 Å². The number of rotatable bonds is 12. The number of nitrogens with zero attached hydrogens (tertiary/aromatic N) is 6. The number of hydrogen-bond donors (Lipinski definition) is 4. The van der Waals surface area contributed by atoms with Crippen LogP contribution in [0, 0.1) is 17.7 Å². The minimum absolute atomic E-state index is 0.0704. The largest absolute Gasteiger partial charge is 0.465 e. The number of carbonyl (C=O) groups is 4. The molecule has 3 unspecified atom stereocenters. The number of carbonyl (C=O) groups excluding carboxylic acids is 4. The molecule has 72 heavy (non-hydrogen) atoms. The highest BCUT2D eigenvalue weighted by Crippen LogP contribution is 2.56. The van der Waals surface area contributed by atoms with Gasteiger partial charge in [-0.1, -0.05) is 32.8 Å². The van der Waals surface area contributed by atoms with Gasteiger partial charge >= 0.3 is 12.2 Å².